The normalized spacial score (nSPS) is 14.1. The summed E-state index contributed by atoms with van der Waals surface area (Å²) in [6, 6.07) is 0. The third-order valence-electron chi connectivity index (χ3n) is 2.39. The lowest BCUT2D eigenvalue weighted by Gasteiger charge is -2.26. The summed E-state index contributed by atoms with van der Waals surface area (Å²) in [5.41, 5.74) is 6.55. The summed E-state index contributed by atoms with van der Waals surface area (Å²) >= 11 is 0. The molecule has 0 spiro atoms. The summed E-state index contributed by atoms with van der Waals surface area (Å²) in [5.74, 6) is 0.554. The van der Waals surface area contributed by atoms with E-state index in [9.17, 15) is 5.11 Å². The molecule has 86 valence electrons. The van der Waals surface area contributed by atoms with Crippen molar-refractivity contribution in [2.24, 2.45) is 12.8 Å². The first kappa shape index (κ1) is 12.0. The number of hydrogen-bond acceptors (Lipinski definition) is 4. The highest BCUT2D eigenvalue weighted by Gasteiger charge is 2.31. The van der Waals surface area contributed by atoms with Gasteiger partial charge in [-0.25, -0.2) is 4.68 Å². The molecule has 0 saturated carbocycles. The first-order chi connectivity index (χ1) is 6.79. The van der Waals surface area contributed by atoms with E-state index in [0.717, 1.165) is 5.69 Å². The molecule has 5 heteroatoms. The van der Waals surface area contributed by atoms with Gasteiger partial charge in [0.2, 0.25) is 5.88 Å². The van der Waals surface area contributed by atoms with Crippen LogP contribution >= 0.6 is 0 Å². The first-order valence-electron chi connectivity index (χ1n) is 4.83. The Hall–Kier alpha value is -1.07. The van der Waals surface area contributed by atoms with Crippen LogP contribution in [0.15, 0.2) is 0 Å². The van der Waals surface area contributed by atoms with E-state index < -0.39 is 11.6 Å². The van der Waals surface area contributed by atoms with E-state index in [4.69, 9.17) is 10.5 Å². The summed E-state index contributed by atoms with van der Waals surface area (Å²) < 4.78 is 6.80. The van der Waals surface area contributed by atoms with Crippen molar-refractivity contribution in [3.05, 3.63) is 11.3 Å². The van der Waals surface area contributed by atoms with Crippen LogP contribution in [0.3, 0.4) is 0 Å². The maximum Gasteiger partial charge on any atom is 0.217 e. The van der Waals surface area contributed by atoms with Crippen molar-refractivity contribution in [3.8, 4) is 5.88 Å². The standard InChI is InChI=1S/C10H19N3O2/c1-6-7(8(14)10(2,3)11)9(15-5)13(4)12-6/h8,14H,11H2,1-5H3. The Morgan fingerprint density at radius 3 is 2.47 bits per heavy atom. The second-order valence-corrected chi connectivity index (χ2v) is 4.36. The van der Waals surface area contributed by atoms with Gasteiger partial charge >= 0.3 is 0 Å². The van der Waals surface area contributed by atoms with Crippen LogP contribution in [0.2, 0.25) is 0 Å². The molecule has 0 saturated heterocycles. The fraction of sp³-hybridized carbons (Fsp3) is 0.700. The van der Waals surface area contributed by atoms with Gasteiger partial charge in [-0.05, 0) is 20.8 Å². The Labute approximate surface area is 89.8 Å². The second kappa shape index (κ2) is 3.83. The van der Waals surface area contributed by atoms with Gasteiger partial charge in [-0.3, -0.25) is 0 Å². The minimum atomic E-state index is -0.791. The maximum atomic E-state index is 10.1. The van der Waals surface area contributed by atoms with Crippen molar-refractivity contribution < 1.29 is 9.84 Å². The number of methoxy groups -OCH3 is 1. The van der Waals surface area contributed by atoms with Crippen molar-refractivity contribution in [2.75, 3.05) is 7.11 Å². The zero-order valence-electron chi connectivity index (χ0n) is 9.90. The third kappa shape index (κ3) is 2.13. The number of hydrogen-bond donors (Lipinski definition) is 2. The summed E-state index contributed by atoms with van der Waals surface area (Å²) in [7, 11) is 3.32. The van der Waals surface area contributed by atoms with E-state index in [1.165, 1.54) is 0 Å². The van der Waals surface area contributed by atoms with Crippen molar-refractivity contribution in [1.29, 1.82) is 0 Å². The van der Waals surface area contributed by atoms with Gasteiger partial charge in [0.1, 0.15) is 6.10 Å². The fourth-order valence-corrected chi connectivity index (χ4v) is 1.58. The molecule has 0 aliphatic carbocycles. The molecule has 0 bridgehead atoms. The number of ether oxygens (including phenoxy) is 1. The predicted molar refractivity (Wildman–Crippen MR) is 57.7 cm³/mol. The van der Waals surface area contributed by atoms with E-state index in [2.05, 4.69) is 5.10 Å². The first-order valence-corrected chi connectivity index (χ1v) is 4.83. The molecule has 0 fully saturated rings. The van der Waals surface area contributed by atoms with E-state index in [1.54, 1.807) is 32.7 Å². The molecule has 0 amide bonds. The zero-order chi connectivity index (χ0) is 11.8. The molecule has 0 aromatic carbocycles. The number of aliphatic hydroxyl groups excluding tert-OH is 1. The van der Waals surface area contributed by atoms with Crippen molar-refractivity contribution in [3.63, 3.8) is 0 Å². The summed E-state index contributed by atoms with van der Waals surface area (Å²) in [5, 5.41) is 14.3. The lowest BCUT2D eigenvalue weighted by atomic mass is 9.92. The number of rotatable bonds is 3. The Morgan fingerprint density at radius 1 is 1.53 bits per heavy atom. The van der Waals surface area contributed by atoms with Crippen LogP contribution in [0.25, 0.3) is 0 Å². The second-order valence-electron chi connectivity index (χ2n) is 4.36. The highest BCUT2D eigenvalue weighted by atomic mass is 16.5. The molecule has 1 atom stereocenters. The molecule has 3 N–H and O–H groups in total. The minimum Gasteiger partial charge on any atom is -0.481 e. The molecule has 1 aromatic rings. The minimum absolute atomic E-state index is 0.554. The van der Waals surface area contributed by atoms with Gasteiger partial charge in [-0.2, -0.15) is 5.10 Å². The monoisotopic (exact) mass is 213 g/mol. The van der Waals surface area contributed by atoms with E-state index in [-0.39, 0.29) is 0 Å². The molecule has 0 aliphatic heterocycles. The predicted octanol–water partition coefficient (Wildman–Crippen LogP) is 0.508. The van der Waals surface area contributed by atoms with Crippen LogP contribution in [0.4, 0.5) is 0 Å². The van der Waals surface area contributed by atoms with Gasteiger partial charge < -0.3 is 15.6 Å². The van der Waals surface area contributed by atoms with Crippen LogP contribution in [0.5, 0.6) is 5.88 Å². The molecule has 1 rings (SSSR count). The Bertz CT molecular complexity index is 352. The largest absolute Gasteiger partial charge is 0.481 e. The lowest BCUT2D eigenvalue weighted by molar-refractivity contribution is 0.101. The van der Waals surface area contributed by atoms with Crippen molar-refractivity contribution in [2.45, 2.75) is 32.4 Å². The van der Waals surface area contributed by atoms with Crippen LogP contribution in [-0.4, -0.2) is 27.5 Å². The van der Waals surface area contributed by atoms with Gasteiger partial charge in [-0.1, -0.05) is 0 Å². The number of aliphatic hydroxyl groups is 1. The van der Waals surface area contributed by atoms with Gasteiger partial charge in [-0.15, -0.1) is 0 Å². The quantitative estimate of drug-likeness (QED) is 0.767. The van der Waals surface area contributed by atoms with E-state index in [1.807, 2.05) is 6.92 Å². The average molecular weight is 213 g/mol. The van der Waals surface area contributed by atoms with Crippen LogP contribution in [0, 0.1) is 6.92 Å². The smallest absolute Gasteiger partial charge is 0.217 e. The topological polar surface area (TPSA) is 73.3 Å². The van der Waals surface area contributed by atoms with Crippen LogP contribution < -0.4 is 10.5 Å². The van der Waals surface area contributed by atoms with Gasteiger partial charge in [0.05, 0.1) is 18.4 Å². The van der Waals surface area contributed by atoms with Gasteiger partial charge in [0.15, 0.2) is 0 Å². The lowest BCUT2D eigenvalue weighted by Crippen LogP contribution is -2.39. The van der Waals surface area contributed by atoms with E-state index >= 15 is 0 Å². The number of aromatic nitrogens is 2. The Morgan fingerprint density at radius 2 is 2.07 bits per heavy atom. The average Bonchev–Trinajstić information content (AvgIpc) is 2.37. The van der Waals surface area contributed by atoms with Gasteiger partial charge in [0, 0.05) is 12.6 Å². The van der Waals surface area contributed by atoms with Crippen LogP contribution in [-0.2, 0) is 7.05 Å². The summed E-state index contributed by atoms with van der Waals surface area (Å²) in [6.45, 7) is 5.36. The fourth-order valence-electron chi connectivity index (χ4n) is 1.58. The zero-order valence-corrected chi connectivity index (χ0v) is 9.90. The number of nitrogens with zero attached hydrogens (tertiary/aromatic N) is 2. The van der Waals surface area contributed by atoms with E-state index in [0.29, 0.717) is 11.4 Å². The number of nitrogens with two attached hydrogens (primary N) is 1. The van der Waals surface area contributed by atoms with Crippen LogP contribution in [0.1, 0.15) is 31.2 Å². The highest BCUT2D eigenvalue weighted by Crippen LogP contribution is 2.32. The maximum absolute atomic E-state index is 10.1. The molecule has 1 unspecified atom stereocenters. The highest BCUT2D eigenvalue weighted by molar-refractivity contribution is 5.34. The molecule has 0 aliphatic rings. The molecule has 1 aromatic heterocycles. The molecular weight excluding hydrogens is 194 g/mol. The number of aryl methyl sites for hydroxylation is 2. The summed E-state index contributed by atoms with van der Waals surface area (Å²) in [6.07, 6.45) is -0.791. The Kier molecular flexibility index (Phi) is 3.06. The molecule has 15 heavy (non-hydrogen) atoms. The van der Waals surface area contributed by atoms with Crippen molar-refractivity contribution in [1.82, 2.24) is 9.78 Å². The Balaban J connectivity index is 3.24. The SMILES string of the molecule is COc1c(C(O)C(C)(C)N)c(C)nn1C. The summed E-state index contributed by atoms with van der Waals surface area (Å²) in [4.78, 5) is 0. The molecule has 5 nitrogen and oxygen atoms in total. The molecule has 1 heterocycles. The molecular formula is C10H19N3O2. The third-order valence-corrected chi connectivity index (χ3v) is 2.39. The van der Waals surface area contributed by atoms with Crippen molar-refractivity contribution >= 4 is 0 Å². The molecule has 0 radical (unpaired) electrons. The van der Waals surface area contributed by atoms with Gasteiger partial charge in [0.25, 0.3) is 0 Å².